The summed E-state index contributed by atoms with van der Waals surface area (Å²) in [6.07, 6.45) is 2.10. The number of nitrogens with zero attached hydrogens (tertiary/aromatic N) is 2. The molecular weight excluding hydrogens is 381 g/mol. The molecule has 2 N–H and O–H groups in total. The van der Waals surface area contributed by atoms with Crippen LogP contribution in [0.4, 0.5) is 4.39 Å². The van der Waals surface area contributed by atoms with Crippen LogP contribution >= 0.6 is 0 Å². The van der Waals surface area contributed by atoms with E-state index in [2.05, 4.69) is 17.2 Å². The van der Waals surface area contributed by atoms with Crippen LogP contribution in [-0.4, -0.2) is 46.6 Å². The van der Waals surface area contributed by atoms with Gasteiger partial charge in [0, 0.05) is 36.8 Å². The molecule has 0 unspecified atom stereocenters. The Bertz CT molecular complexity index is 846. The number of carbonyl (C=O) groups excluding carboxylic acids is 1. The Morgan fingerprint density at radius 3 is 2.47 bits per heavy atom. The Hall–Kier alpha value is -2.31. The molecule has 1 aliphatic rings. The van der Waals surface area contributed by atoms with E-state index >= 15 is 0 Å². The van der Waals surface area contributed by atoms with Gasteiger partial charge in [0.1, 0.15) is 5.82 Å². The predicted molar refractivity (Wildman–Crippen MR) is 116 cm³/mol. The van der Waals surface area contributed by atoms with Crippen molar-refractivity contribution in [3.8, 4) is 11.3 Å². The van der Waals surface area contributed by atoms with Crippen molar-refractivity contribution < 1.29 is 14.3 Å². The first-order chi connectivity index (χ1) is 14.4. The normalized spacial score (nSPS) is 16.1. The van der Waals surface area contributed by atoms with Crippen molar-refractivity contribution in [2.24, 2.45) is 11.8 Å². The van der Waals surface area contributed by atoms with E-state index < -0.39 is 0 Å². The first-order valence-electron chi connectivity index (χ1n) is 10.8. The predicted octanol–water partition coefficient (Wildman–Crippen LogP) is 3.87. The molecule has 2 heterocycles. The Kier molecular flexibility index (Phi) is 7.56. The minimum atomic E-state index is -0.377. The zero-order valence-corrected chi connectivity index (χ0v) is 18.1. The number of hydrogen-bond donors (Lipinski definition) is 2. The average Bonchev–Trinajstić information content (AvgIpc) is 2.75. The van der Waals surface area contributed by atoms with Gasteiger partial charge in [0.2, 0.25) is 0 Å². The van der Waals surface area contributed by atoms with E-state index in [0.29, 0.717) is 22.9 Å². The van der Waals surface area contributed by atoms with E-state index in [1.807, 2.05) is 43.0 Å². The van der Waals surface area contributed by atoms with Crippen LogP contribution in [0, 0.1) is 17.7 Å². The molecule has 1 fully saturated rings. The third-order valence-corrected chi connectivity index (χ3v) is 5.95. The SMILES string of the molecule is CC1CCN(C(=O)c2ccc(-c3ccc(F)c(CN[C@@H](CO)C(C)C)n3)cc2)CC1. The maximum absolute atomic E-state index is 14.2. The quantitative estimate of drug-likeness (QED) is 0.723. The molecule has 0 aliphatic carbocycles. The van der Waals surface area contributed by atoms with Crippen LogP contribution in [0.2, 0.25) is 0 Å². The number of benzene rings is 1. The van der Waals surface area contributed by atoms with Gasteiger partial charge in [0.25, 0.3) is 5.91 Å². The van der Waals surface area contributed by atoms with Crippen LogP contribution in [0.5, 0.6) is 0 Å². The lowest BCUT2D eigenvalue weighted by atomic mass is 9.98. The number of aliphatic hydroxyl groups excluding tert-OH is 1. The van der Waals surface area contributed by atoms with Crippen molar-refractivity contribution in [3.63, 3.8) is 0 Å². The molecule has 3 rings (SSSR count). The lowest BCUT2D eigenvalue weighted by Crippen LogP contribution is -2.37. The average molecular weight is 414 g/mol. The smallest absolute Gasteiger partial charge is 0.253 e. The minimum absolute atomic E-state index is 0.00953. The van der Waals surface area contributed by atoms with Crippen molar-refractivity contribution in [1.29, 1.82) is 0 Å². The standard InChI is InChI=1S/C24H32FN3O2/c1-16(2)23(15-29)26-14-22-20(25)8-9-21(27-22)18-4-6-19(7-5-18)24(30)28-12-10-17(3)11-13-28/h4-9,16-17,23,26,29H,10-15H2,1-3H3/t23-/m0/s1. The number of pyridine rings is 1. The van der Waals surface area contributed by atoms with E-state index in [1.165, 1.54) is 6.07 Å². The third kappa shape index (κ3) is 5.43. The van der Waals surface area contributed by atoms with Gasteiger partial charge in [0.15, 0.2) is 0 Å². The van der Waals surface area contributed by atoms with Gasteiger partial charge in [-0.05, 0) is 48.9 Å². The van der Waals surface area contributed by atoms with E-state index in [4.69, 9.17) is 0 Å². The Labute approximate surface area is 178 Å². The molecule has 1 atom stereocenters. The number of hydrogen-bond acceptors (Lipinski definition) is 4. The second kappa shape index (κ2) is 10.1. The summed E-state index contributed by atoms with van der Waals surface area (Å²) in [6.45, 7) is 8.08. The summed E-state index contributed by atoms with van der Waals surface area (Å²) in [4.78, 5) is 19.1. The number of halogens is 1. The molecule has 1 saturated heterocycles. The molecule has 0 spiro atoms. The molecule has 5 nitrogen and oxygen atoms in total. The summed E-state index contributed by atoms with van der Waals surface area (Å²) in [5.74, 6) is 0.597. The summed E-state index contributed by atoms with van der Waals surface area (Å²) in [5.41, 5.74) is 2.47. The van der Waals surface area contributed by atoms with Crippen molar-refractivity contribution in [2.75, 3.05) is 19.7 Å². The van der Waals surface area contributed by atoms with Gasteiger partial charge in [-0.2, -0.15) is 0 Å². The zero-order chi connectivity index (χ0) is 21.7. The van der Waals surface area contributed by atoms with Gasteiger partial charge < -0.3 is 15.3 Å². The van der Waals surface area contributed by atoms with Gasteiger partial charge >= 0.3 is 0 Å². The van der Waals surface area contributed by atoms with E-state index in [0.717, 1.165) is 31.5 Å². The second-order valence-corrected chi connectivity index (χ2v) is 8.59. The summed E-state index contributed by atoms with van der Waals surface area (Å²) in [6, 6.07) is 10.3. The largest absolute Gasteiger partial charge is 0.395 e. The lowest BCUT2D eigenvalue weighted by molar-refractivity contribution is 0.0697. The highest BCUT2D eigenvalue weighted by Crippen LogP contribution is 2.22. The van der Waals surface area contributed by atoms with Crippen LogP contribution in [0.25, 0.3) is 11.3 Å². The van der Waals surface area contributed by atoms with E-state index in [9.17, 15) is 14.3 Å². The monoisotopic (exact) mass is 413 g/mol. The van der Waals surface area contributed by atoms with Gasteiger partial charge in [-0.15, -0.1) is 0 Å². The summed E-state index contributed by atoms with van der Waals surface area (Å²) in [7, 11) is 0. The number of piperidine rings is 1. The summed E-state index contributed by atoms with van der Waals surface area (Å²) in [5, 5.41) is 12.6. The molecule has 0 bridgehead atoms. The topological polar surface area (TPSA) is 65.5 Å². The number of carbonyl (C=O) groups is 1. The Morgan fingerprint density at radius 1 is 1.20 bits per heavy atom. The third-order valence-electron chi connectivity index (χ3n) is 5.95. The fourth-order valence-corrected chi connectivity index (χ4v) is 3.69. The minimum Gasteiger partial charge on any atom is -0.395 e. The summed E-state index contributed by atoms with van der Waals surface area (Å²) >= 11 is 0. The van der Waals surface area contributed by atoms with Gasteiger partial charge in [-0.25, -0.2) is 9.37 Å². The van der Waals surface area contributed by atoms with Crippen molar-refractivity contribution in [2.45, 2.75) is 46.2 Å². The lowest BCUT2D eigenvalue weighted by Gasteiger charge is -2.30. The van der Waals surface area contributed by atoms with Crippen LogP contribution in [0.1, 0.15) is 49.7 Å². The Morgan fingerprint density at radius 2 is 1.87 bits per heavy atom. The second-order valence-electron chi connectivity index (χ2n) is 8.59. The molecule has 6 heteroatoms. The Balaban J connectivity index is 1.71. The van der Waals surface area contributed by atoms with Crippen molar-refractivity contribution in [1.82, 2.24) is 15.2 Å². The molecule has 2 aromatic rings. The molecule has 30 heavy (non-hydrogen) atoms. The highest BCUT2D eigenvalue weighted by molar-refractivity contribution is 5.94. The highest BCUT2D eigenvalue weighted by Gasteiger charge is 2.21. The number of nitrogens with one attached hydrogen (secondary N) is 1. The zero-order valence-electron chi connectivity index (χ0n) is 18.1. The number of amides is 1. The maximum Gasteiger partial charge on any atom is 0.253 e. The van der Waals surface area contributed by atoms with Crippen LogP contribution in [0.15, 0.2) is 36.4 Å². The van der Waals surface area contributed by atoms with Gasteiger partial charge in [-0.1, -0.05) is 32.9 Å². The molecule has 0 saturated carbocycles. The highest BCUT2D eigenvalue weighted by atomic mass is 19.1. The molecule has 1 aromatic carbocycles. The molecule has 0 radical (unpaired) electrons. The van der Waals surface area contributed by atoms with Crippen molar-refractivity contribution >= 4 is 5.91 Å². The number of likely N-dealkylation sites (tertiary alicyclic amines) is 1. The fourth-order valence-electron chi connectivity index (χ4n) is 3.69. The summed E-state index contributed by atoms with van der Waals surface area (Å²) < 4.78 is 14.2. The molecule has 1 amide bonds. The maximum atomic E-state index is 14.2. The molecular formula is C24H32FN3O2. The molecule has 162 valence electrons. The fraction of sp³-hybridized carbons (Fsp3) is 0.500. The first kappa shape index (κ1) is 22.4. The van der Waals surface area contributed by atoms with Crippen LogP contribution in [-0.2, 0) is 6.54 Å². The molecule has 1 aliphatic heterocycles. The van der Waals surface area contributed by atoms with Gasteiger partial charge in [-0.3, -0.25) is 4.79 Å². The van der Waals surface area contributed by atoms with E-state index in [-0.39, 0.29) is 36.8 Å². The number of rotatable bonds is 7. The molecule has 1 aromatic heterocycles. The van der Waals surface area contributed by atoms with Crippen LogP contribution < -0.4 is 5.32 Å². The first-order valence-corrected chi connectivity index (χ1v) is 10.8. The number of aliphatic hydroxyl groups is 1. The van der Waals surface area contributed by atoms with Crippen LogP contribution in [0.3, 0.4) is 0 Å². The van der Waals surface area contributed by atoms with E-state index in [1.54, 1.807) is 6.07 Å². The number of aromatic nitrogens is 1. The van der Waals surface area contributed by atoms with Gasteiger partial charge in [0.05, 0.1) is 18.0 Å². The van der Waals surface area contributed by atoms with Crippen molar-refractivity contribution in [3.05, 3.63) is 53.5 Å².